The average Bonchev–Trinajstić information content (AvgIpc) is 2.98. The first-order chi connectivity index (χ1) is 8.69. The summed E-state index contributed by atoms with van der Waals surface area (Å²) < 4.78 is 7.79. The first-order valence-electron chi connectivity index (χ1n) is 6.61. The number of carboxylic acid groups (broad SMARTS) is 1. The van der Waals surface area contributed by atoms with Gasteiger partial charge in [-0.3, -0.25) is 4.68 Å². The second-order valence-electron chi connectivity index (χ2n) is 5.37. The zero-order chi connectivity index (χ0) is 12.6. The molecular formula is C13H18N2O3. The van der Waals surface area contributed by atoms with Crippen LogP contribution in [0.3, 0.4) is 0 Å². The molecule has 0 aromatic carbocycles. The molecule has 5 heteroatoms. The third-order valence-corrected chi connectivity index (χ3v) is 4.18. The highest BCUT2D eigenvalue weighted by Gasteiger charge is 2.40. The highest BCUT2D eigenvalue weighted by Crippen LogP contribution is 2.43. The van der Waals surface area contributed by atoms with Gasteiger partial charge in [-0.15, -0.1) is 0 Å². The van der Waals surface area contributed by atoms with Crippen molar-refractivity contribution in [1.29, 1.82) is 0 Å². The minimum Gasteiger partial charge on any atom is -0.476 e. The van der Waals surface area contributed by atoms with Crippen LogP contribution >= 0.6 is 0 Å². The van der Waals surface area contributed by atoms with Crippen LogP contribution in [0.5, 0.6) is 0 Å². The lowest BCUT2D eigenvalue weighted by atomic mass is 9.89. The van der Waals surface area contributed by atoms with Crippen LogP contribution in [0.4, 0.5) is 0 Å². The van der Waals surface area contributed by atoms with Crippen molar-refractivity contribution in [3.8, 4) is 0 Å². The predicted molar refractivity (Wildman–Crippen MR) is 64.6 cm³/mol. The fraction of sp³-hybridized carbons (Fsp3) is 0.692. The second kappa shape index (κ2) is 4.39. The summed E-state index contributed by atoms with van der Waals surface area (Å²) in [6.45, 7) is 0.757. The number of nitrogens with zero attached hydrogens (tertiary/aromatic N) is 2. The SMILES string of the molecule is O=C(O)c1ccn(C2CCOC3(CCCC3)C2)n1. The molecule has 98 valence electrons. The minimum atomic E-state index is -0.962. The van der Waals surface area contributed by atoms with Gasteiger partial charge in [-0.1, -0.05) is 12.8 Å². The highest BCUT2D eigenvalue weighted by atomic mass is 16.5. The Kier molecular flexibility index (Phi) is 2.86. The lowest BCUT2D eigenvalue weighted by Crippen LogP contribution is -2.38. The van der Waals surface area contributed by atoms with E-state index < -0.39 is 5.97 Å². The van der Waals surface area contributed by atoms with E-state index in [0.717, 1.165) is 32.3 Å². The Morgan fingerprint density at radius 3 is 2.94 bits per heavy atom. The van der Waals surface area contributed by atoms with Crippen LogP contribution in [-0.4, -0.2) is 33.1 Å². The van der Waals surface area contributed by atoms with Crippen LogP contribution in [0.1, 0.15) is 55.1 Å². The molecule has 1 aliphatic heterocycles. The topological polar surface area (TPSA) is 64.3 Å². The van der Waals surface area contributed by atoms with Crippen LogP contribution in [0.15, 0.2) is 12.3 Å². The predicted octanol–water partition coefficient (Wildman–Crippen LogP) is 2.25. The van der Waals surface area contributed by atoms with Crippen LogP contribution in [0.25, 0.3) is 0 Å². The number of carbonyl (C=O) groups is 1. The summed E-state index contributed by atoms with van der Waals surface area (Å²) in [7, 11) is 0. The van der Waals surface area contributed by atoms with Gasteiger partial charge < -0.3 is 9.84 Å². The molecule has 1 saturated heterocycles. The summed E-state index contributed by atoms with van der Waals surface area (Å²) in [5, 5.41) is 13.1. The van der Waals surface area contributed by atoms with Crippen molar-refractivity contribution >= 4 is 5.97 Å². The largest absolute Gasteiger partial charge is 0.476 e. The molecule has 0 amide bonds. The molecule has 5 nitrogen and oxygen atoms in total. The number of carboxylic acids is 1. The van der Waals surface area contributed by atoms with Crippen LogP contribution in [0.2, 0.25) is 0 Å². The third-order valence-electron chi connectivity index (χ3n) is 4.18. The van der Waals surface area contributed by atoms with Crippen molar-refractivity contribution in [3.05, 3.63) is 18.0 Å². The number of hydrogen-bond donors (Lipinski definition) is 1. The Morgan fingerprint density at radius 2 is 2.28 bits per heavy atom. The Labute approximate surface area is 106 Å². The molecule has 1 saturated carbocycles. The molecule has 1 aromatic rings. The van der Waals surface area contributed by atoms with Gasteiger partial charge in [0.1, 0.15) is 0 Å². The van der Waals surface area contributed by atoms with Crippen molar-refractivity contribution in [2.75, 3.05) is 6.61 Å². The molecule has 0 bridgehead atoms. The lowest BCUT2D eigenvalue weighted by molar-refractivity contribution is -0.0910. The molecule has 1 N–H and O–H groups in total. The van der Waals surface area contributed by atoms with E-state index >= 15 is 0 Å². The molecule has 0 radical (unpaired) electrons. The van der Waals surface area contributed by atoms with E-state index in [9.17, 15) is 4.79 Å². The first kappa shape index (κ1) is 11.7. The van der Waals surface area contributed by atoms with Gasteiger partial charge in [0.2, 0.25) is 0 Å². The van der Waals surface area contributed by atoms with Gasteiger partial charge in [0, 0.05) is 12.8 Å². The quantitative estimate of drug-likeness (QED) is 0.874. The molecular weight excluding hydrogens is 232 g/mol. The maximum Gasteiger partial charge on any atom is 0.356 e. The molecule has 1 aromatic heterocycles. The van der Waals surface area contributed by atoms with Crippen molar-refractivity contribution in [3.63, 3.8) is 0 Å². The van der Waals surface area contributed by atoms with Gasteiger partial charge in [-0.2, -0.15) is 5.10 Å². The van der Waals surface area contributed by atoms with Crippen LogP contribution in [0, 0.1) is 0 Å². The molecule has 1 unspecified atom stereocenters. The monoisotopic (exact) mass is 250 g/mol. The number of aromatic nitrogens is 2. The maximum atomic E-state index is 10.8. The van der Waals surface area contributed by atoms with Crippen LogP contribution < -0.4 is 0 Å². The van der Waals surface area contributed by atoms with Crippen molar-refractivity contribution in [2.45, 2.75) is 50.2 Å². The molecule has 1 aliphatic carbocycles. The summed E-state index contributed by atoms with van der Waals surface area (Å²) in [6, 6.07) is 1.85. The molecule has 1 atom stereocenters. The van der Waals surface area contributed by atoms with Gasteiger partial charge in [0.25, 0.3) is 0 Å². The second-order valence-corrected chi connectivity index (χ2v) is 5.37. The smallest absolute Gasteiger partial charge is 0.356 e. The molecule has 2 aliphatic rings. The molecule has 3 rings (SSSR count). The van der Waals surface area contributed by atoms with E-state index in [1.54, 1.807) is 12.3 Å². The average molecular weight is 250 g/mol. The van der Waals surface area contributed by atoms with E-state index in [0.29, 0.717) is 0 Å². The van der Waals surface area contributed by atoms with Crippen LogP contribution in [-0.2, 0) is 4.74 Å². The number of aromatic carboxylic acids is 1. The molecule has 1 spiro atoms. The summed E-state index contributed by atoms with van der Waals surface area (Å²) in [6.07, 6.45) is 8.42. The maximum absolute atomic E-state index is 10.8. The van der Waals surface area contributed by atoms with Gasteiger partial charge in [-0.25, -0.2) is 4.79 Å². The Bertz CT molecular complexity index is 449. The zero-order valence-electron chi connectivity index (χ0n) is 10.3. The first-order valence-corrected chi connectivity index (χ1v) is 6.61. The van der Waals surface area contributed by atoms with Crippen molar-refractivity contribution in [1.82, 2.24) is 9.78 Å². The van der Waals surface area contributed by atoms with Gasteiger partial charge >= 0.3 is 5.97 Å². The number of rotatable bonds is 2. The Morgan fingerprint density at radius 1 is 1.50 bits per heavy atom. The normalized spacial score (nSPS) is 26.6. The molecule has 2 heterocycles. The number of ether oxygens (including phenoxy) is 1. The highest BCUT2D eigenvalue weighted by molar-refractivity contribution is 5.85. The van der Waals surface area contributed by atoms with E-state index in [-0.39, 0.29) is 17.3 Å². The van der Waals surface area contributed by atoms with Crippen molar-refractivity contribution in [2.24, 2.45) is 0 Å². The van der Waals surface area contributed by atoms with E-state index in [4.69, 9.17) is 9.84 Å². The number of hydrogen-bond acceptors (Lipinski definition) is 3. The van der Waals surface area contributed by atoms with Gasteiger partial charge in [0.15, 0.2) is 5.69 Å². The van der Waals surface area contributed by atoms with E-state index in [1.165, 1.54) is 12.8 Å². The zero-order valence-corrected chi connectivity index (χ0v) is 10.3. The van der Waals surface area contributed by atoms with E-state index in [1.807, 2.05) is 4.68 Å². The summed E-state index contributed by atoms with van der Waals surface area (Å²) in [5.74, 6) is -0.962. The summed E-state index contributed by atoms with van der Waals surface area (Å²) >= 11 is 0. The Balaban J connectivity index is 1.76. The van der Waals surface area contributed by atoms with E-state index in [2.05, 4.69) is 5.10 Å². The fourth-order valence-corrected chi connectivity index (χ4v) is 3.25. The molecule has 2 fully saturated rings. The molecule has 18 heavy (non-hydrogen) atoms. The lowest BCUT2D eigenvalue weighted by Gasteiger charge is -2.38. The van der Waals surface area contributed by atoms with Crippen molar-refractivity contribution < 1.29 is 14.6 Å². The van der Waals surface area contributed by atoms with Gasteiger partial charge in [0.05, 0.1) is 11.6 Å². The summed E-state index contributed by atoms with van der Waals surface area (Å²) in [4.78, 5) is 10.8. The summed E-state index contributed by atoms with van der Waals surface area (Å²) in [5.41, 5.74) is 0.167. The third kappa shape index (κ3) is 2.03. The van der Waals surface area contributed by atoms with Gasteiger partial charge in [-0.05, 0) is 31.7 Å². The Hall–Kier alpha value is -1.36. The fourth-order valence-electron chi connectivity index (χ4n) is 3.25. The standard InChI is InChI=1S/C13H18N2O3/c16-12(17)11-3-7-15(14-11)10-4-8-18-13(9-10)5-1-2-6-13/h3,7,10H,1-2,4-6,8-9H2,(H,16,17). The minimum absolute atomic E-state index is 0.0399.